The minimum absolute atomic E-state index is 0.0114. The molecule has 2 atom stereocenters. The number of benzene rings is 3. The molecular weight excluding hydrogens is 464 g/mol. The number of hydrogen-bond acceptors (Lipinski definition) is 5. The molecule has 37 heavy (non-hydrogen) atoms. The van der Waals surface area contributed by atoms with E-state index in [9.17, 15) is 9.90 Å². The molecule has 6 heteroatoms. The van der Waals surface area contributed by atoms with E-state index in [1.807, 2.05) is 59.6 Å². The van der Waals surface area contributed by atoms with Crippen molar-refractivity contribution in [3.63, 3.8) is 0 Å². The van der Waals surface area contributed by atoms with Gasteiger partial charge in [0.2, 0.25) is 0 Å². The number of hydrogen-bond donors (Lipinski definition) is 1. The lowest BCUT2D eigenvalue weighted by Crippen LogP contribution is -2.62. The molecule has 3 heterocycles. The van der Waals surface area contributed by atoms with Crippen LogP contribution in [0, 0.1) is 0 Å². The molecule has 2 aliphatic heterocycles. The number of piperidine rings is 1. The van der Waals surface area contributed by atoms with E-state index in [0.717, 1.165) is 16.3 Å². The van der Waals surface area contributed by atoms with Crippen LogP contribution >= 0.6 is 0 Å². The molecule has 3 aromatic carbocycles. The van der Waals surface area contributed by atoms with E-state index in [1.165, 1.54) is 22.3 Å². The molecule has 6 nitrogen and oxygen atoms in total. The van der Waals surface area contributed by atoms with Gasteiger partial charge in [0.1, 0.15) is 6.61 Å². The third-order valence-electron chi connectivity index (χ3n) is 8.29. The van der Waals surface area contributed by atoms with Gasteiger partial charge in [-0.05, 0) is 39.3 Å². The van der Waals surface area contributed by atoms with Crippen LogP contribution in [0.2, 0.25) is 0 Å². The maximum absolute atomic E-state index is 13.5. The number of aliphatic hydroxyl groups is 1. The van der Waals surface area contributed by atoms with E-state index < -0.39 is 5.60 Å². The molecule has 0 spiro atoms. The fourth-order valence-corrected chi connectivity index (χ4v) is 6.68. The fraction of sp³-hybridized carbons (Fsp3) is 0.290. The van der Waals surface area contributed by atoms with Crippen LogP contribution in [0.4, 0.5) is 4.79 Å². The van der Waals surface area contributed by atoms with Crippen LogP contribution < -0.4 is 0 Å². The largest absolute Gasteiger partial charge is 0.448 e. The molecule has 4 aromatic rings. The summed E-state index contributed by atoms with van der Waals surface area (Å²) in [7, 11) is 0. The summed E-state index contributed by atoms with van der Waals surface area (Å²) in [6.07, 6.45) is 4.02. The van der Waals surface area contributed by atoms with Gasteiger partial charge in [-0.15, -0.1) is 0 Å². The van der Waals surface area contributed by atoms with Crippen molar-refractivity contribution < 1.29 is 19.4 Å². The third kappa shape index (κ3) is 3.63. The number of aromatic nitrogens is 1. The molecule has 2 bridgehead atoms. The zero-order valence-corrected chi connectivity index (χ0v) is 20.4. The maximum Gasteiger partial charge on any atom is 0.410 e. The predicted molar refractivity (Wildman–Crippen MR) is 140 cm³/mol. The van der Waals surface area contributed by atoms with Crippen LogP contribution in [0.3, 0.4) is 0 Å². The van der Waals surface area contributed by atoms with Crippen molar-refractivity contribution >= 4 is 16.9 Å². The van der Waals surface area contributed by atoms with Gasteiger partial charge >= 0.3 is 6.09 Å². The molecule has 2 unspecified atom stereocenters. The summed E-state index contributed by atoms with van der Waals surface area (Å²) in [5.41, 5.74) is 4.59. The number of carbonyl (C=O) groups excluding carboxylic acids is 1. The van der Waals surface area contributed by atoms with E-state index in [2.05, 4.69) is 29.2 Å². The summed E-state index contributed by atoms with van der Waals surface area (Å²) in [6, 6.07) is 24.1. The summed E-state index contributed by atoms with van der Waals surface area (Å²) >= 11 is 0. The van der Waals surface area contributed by atoms with Crippen molar-refractivity contribution in [1.82, 2.24) is 9.88 Å². The normalized spacial score (nSPS) is 24.5. The first-order chi connectivity index (χ1) is 18.1. The number of ether oxygens (including phenoxy) is 2. The van der Waals surface area contributed by atoms with Crippen molar-refractivity contribution in [3.05, 3.63) is 102 Å². The highest BCUT2D eigenvalue weighted by molar-refractivity contribution is 5.85. The highest BCUT2D eigenvalue weighted by Gasteiger charge is 2.50. The molecule has 7 rings (SSSR count). The number of amides is 1. The van der Waals surface area contributed by atoms with Gasteiger partial charge in [0.15, 0.2) is 0 Å². The lowest BCUT2D eigenvalue weighted by atomic mass is 9.76. The summed E-state index contributed by atoms with van der Waals surface area (Å²) in [5, 5.41) is 13.9. The zero-order chi connectivity index (χ0) is 25.0. The first kappa shape index (κ1) is 22.5. The molecule has 1 aromatic heterocycles. The Morgan fingerprint density at radius 2 is 1.62 bits per heavy atom. The van der Waals surface area contributed by atoms with Crippen LogP contribution in [0.25, 0.3) is 21.9 Å². The summed E-state index contributed by atoms with van der Waals surface area (Å²) < 4.78 is 11.8. The van der Waals surface area contributed by atoms with Gasteiger partial charge in [0.05, 0.1) is 30.9 Å². The standard InChI is InChI=1S/C31H28N2O4/c34-30(37-19-28-25-9-3-1-7-23(25)24-8-2-4-10-26(24)28)33-21-14-31(35,15-22(33)18-36-17-21)29-11-5-6-20-12-13-32-16-27(20)29/h1-13,16,21-22,28,35H,14-15,17-19H2. The number of morpholine rings is 1. The van der Waals surface area contributed by atoms with Gasteiger partial charge in [0.25, 0.3) is 0 Å². The van der Waals surface area contributed by atoms with Gasteiger partial charge in [-0.1, -0.05) is 66.7 Å². The van der Waals surface area contributed by atoms with Gasteiger partial charge in [-0.2, -0.15) is 0 Å². The van der Waals surface area contributed by atoms with Crippen LogP contribution in [0.15, 0.2) is 85.2 Å². The third-order valence-corrected chi connectivity index (χ3v) is 8.29. The smallest absolute Gasteiger partial charge is 0.410 e. The van der Waals surface area contributed by atoms with Crippen molar-refractivity contribution in [2.75, 3.05) is 19.8 Å². The Balaban J connectivity index is 1.13. The number of pyridine rings is 1. The number of rotatable bonds is 3. The Kier molecular flexibility index (Phi) is 5.27. The van der Waals surface area contributed by atoms with Crippen LogP contribution in [0.1, 0.15) is 35.4 Å². The molecule has 186 valence electrons. The van der Waals surface area contributed by atoms with Gasteiger partial charge in [-0.25, -0.2) is 4.79 Å². The van der Waals surface area contributed by atoms with Crippen molar-refractivity contribution in [3.8, 4) is 11.1 Å². The van der Waals surface area contributed by atoms with Crippen molar-refractivity contribution in [2.45, 2.75) is 36.4 Å². The van der Waals surface area contributed by atoms with Crippen LogP contribution in [-0.2, 0) is 15.1 Å². The highest BCUT2D eigenvalue weighted by atomic mass is 16.6. The van der Waals surface area contributed by atoms with Crippen LogP contribution in [-0.4, -0.2) is 53.0 Å². The van der Waals surface area contributed by atoms with Gasteiger partial charge < -0.3 is 14.6 Å². The first-order valence-corrected chi connectivity index (χ1v) is 12.9. The average Bonchev–Trinajstić information content (AvgIpc) is 3.24. The lowest BCUT2D eigenvalue weighted by Gasteiger charge is -2.51. The Labute approximate surface area is 215 Å². The Morgan fingerprint density at radius 1 is 0.946 bits per heavy atom. The summed E-state index contributed by atoms with van der Waals surface area (Å²) in [4.78, 5) is 19.6. The highest BCUT2D eigenvalue weighted by Crippen LogP contribution is 2.46. The Hall–Kier alpha value is -3.74. The Bertz CT molecular complexity index is 1440. The number of fused-ring (bicyclic) bond motifs is 6. The minimum atomic E-state index is -1.07. The van der Waals surface area contributed by atoms with Gasteiger partial charge in [-0.3, -0.25) is 9.88 Å². The van der Waals surface area contributed by atoms with E-state index in [4.69, 9.17) is 9.47 Å². The molecule has 1 amide bonds. The van der Waals surface area contributed by atoms with E-state index in [1.54, 1.807) is 6.20 Å². The predicted octanol–water partition coefficient (Wildman–Crippen LogP) is 5.23. The van der Waals surface area contributed by atoms with Crippen molar-refractivity contribution in [2.24, 2.45) is 0 Å². The molecule has 0 saturated carbocycles. The molecule has 1 N–H and O–H groups in total. The Morgan fingerprint density at radius 3 is 2.32 bits per heavy atom. The van der Waals surface area contributed by atoms with E-state index in [-0.39, 0.29) is 30.7 Å². The number of nitrogens with zero attached hydrogens (tertiary/aromatic N) is 2. The second-order valence-corrected chi connectivity index (χ2v) is 10.4. The lowest BCUT2D eigenvalue weighted by molar-refractivity contribution is -0.136. The maximum atomic E-state index is 13.5. The summed E-state index contributed by atoms with van der Waals surface area (Å²) in [6.45, 7) is 1.04. The molecule has 2 fully saturated rings. The van der Waals surface area contributed by atoms with Crippen molar-refractivity contribution in [1.29, 1.82) is 0 Å². The quantitative estimate of drug-likeness (QED) is 0.424. The second-order valence-electron chi connectivity index (χ2n) is 10.4. The molecule has 3 aliphatic rings. The molecular formula is C31H28N2O4. The van der Waals surface area contributed by atoms with E-state index >= 15 is 0 Å². The average molecular weight is 493 g/mol. The fourth-order valence-electron chi connectivity index (χ4n) is 6.68. The van der Waals surface area contributed by atoms with Crippen LogP contribution in [0.5, 0.6) is 0 Å². The topological polar surface area (TPSA) is 71.9 Å². The minimum Gasteiger partial charge on any atom is -0.448 e. The molecule has 1 aliphatic carbocycles. The summed E-state index contributed by atoms with van der Waals surface area (Å²) in [5.74, 6) is 0.0114. The SMILES string of the molecule is O=C(OCC1c2ccccc2-c2ccccc21)N1C2COCC1CC(O)(c1cccc3ccncc13)C2. The van der Waals surface area contributed by atoms with E-state index in [0.29, 0.717) is 26.1 Å². The molecule has 2 saturated heterocycles. The first-order valence-electron chi connectivity index (χ1n) is 12.9. The second kappa shape index (κ2) is 8.68. The zero-order valence-electron chi connectivity index (χ0n) is 20.4. The molecule has 0 radical (unpaired) electrons. The monoisotopic (exact) mass is 492 g/mol. The number of carbonyl (C=O) groups is 1. The van der Waals surface area contributed by atoms with Gasteiger partial charge in [0, 0.05) is 36.5 Å².